The Bertz CT molecular complexity index is 810. The summed E-state index contributed by atoms with van der Waals surface area (Å²) in [6.45, 7) is 1.90. The van der Waals surface area contributed by atoms with E-state index in [4.69, 9.17) is 25.8 Å². The van der Waals surface area contributed by atoms with E-state index in [1.165, 1.54) is 32.4 Å². The molecule has 2 aromatic rings. The van der Waals surface area contributed by atoms with Crippen LogP contribution in [0.25, 0.3) is 0 Å². The summed E-state index contributed by atoms with van der Waals surface area (Å²) in [5.74, 6) is 1.07. The lowest BCUT2D eigenvalue weighted by Gasteiger charge is -2.14. The third-order valence-corrected chi connectivity index (χ3v) is 3.59. The van der Waals surface area contributed by atoms with Gasteiger partial charge in [0.05, 0.1) is 31.5 Å². The van der Waals surface area contributed by atoms with Gasteiger partial charge in [0.15, 0.2) is 0 Å². The third-order valence-electron chi connectivity index (χ3n) is 3.30. The minimum absolute atomic E-state index is 0.220. The van der Waals surface area contributed by atoms with Gasteiger partial charge in [0.2, 0.25) is 0 Å². The summed E-state index contributed by atoms with van der Waals surface area (Å²) in [4.78, 5) is 23.5. The quantitative estimate of drug-likeness (QED) is 0.551. The van der Waals surface area contributed by atoms with Crippen molar-refractivity contribution in [3.8, 4) is 17.2 Å². The van der Waals surface area contributed by atoms with Crippen LogP contribution in [-0.4, -0.2) is 33.0 Å². The van der Waals surface area contributed by atoms with E-state index in [9.17, 15) is 9.59 Å². The molecule has 0 aliphatic heterocycles. The summed E-state index contributed by atoms with van der Waals surface area (Å²) in [6, 6.07) is 8.80. The maximum absolute atomic E-state index is 12.2. The van der Waals surface area contributed by atoms with E-state index >= 15 is 0 Å². The second kappa shape index (κ2) is 9.54. The van der Waals surface area contributed by atoms with Crippen LogP contribution in [0.1, 0.15) is 6.92 Å². The number of hydrogen-bond donors (Lipinski definition) is 2. The highest BCUT2D eigenvalue weighted by atomic mass is 35.5. The molecule has 0 atom stereocenters. The van der Waals surface area contributed by atoms with Crippen LogP contribution < -0.4 is 24.8 Å². The summed E-state index contributed by atoms with van der Waals surface area (Å²) in [7, 11) is 2.93. The standard InChI is InChI=1S/C18H19ClN2O6/c1-4-26-18(23)27-12-7-5-11(6-8-12)20-17(22)21-14-10-15(24-2)13(19)9-16(14)25-3/h5-10H,4H2,1-3H3,(H2,20,21,22). The first kappa shape index (κ1) is 20.2. The molecule has 0 radical (unpaired) electrons. The molecule has 0 aliphatic carbocycles. The fourth-order valence-corrected chi connectivity index (χ4v) is 2.32. The van der Waals surface area contributed by atoms with Crippen LogP contribution in [-0.2, 0) is 4.74 Å². The van der Waals surface area contributed by atoms with Crippen LogP contribution in [0.2, 0.25) is 5.02 Å². The molecule has 0 aliphatic rings. The van der Waals surface area contributed by atoms with Gasteiger partial charge in [0.1, 0.15) is 17.2 Å². The summed E-state index contributed by atoms with van der Waals surface area (Å²) >= 11 is 6.04. The van der Waals surface area contributed by atoms with Gasteiger partial charge in [0.25, 0.3) is 0 Å². The maximum Gasteiger partial charge on any atom is 0.513 e. The maximum atomic E-state index is 12.2. The van der Waals surface area contributed by atoms with Gasteiger partial charge in [-0.05, 0) is 31.2 Å². The summed E-state index contributed by atoms with van der Waals surface area (Å²) < 4.78 is 20.0. The number of anilines is 2. The molecule has 0 spiro atoms. The average molecular weight is 395 g/mol. The lowest BCUT2D eigenvalue weighted by Crippen LogP contribution is -2.20. The van der Waals surface area contributed by atoms with Gasteiger partial charge < -0.3 is 29.6 Å². The van der Waals surface area contributed by atoms with Gasteiger partial charge in [-0.1, -0.05) is 11.6 Å². The smallest absolute Gasteiger partial charge is 0.495 e. The number of rotatable bonds is 6. The summed E-state index contributed by atoms with van der Waals surface area (Å²) in [5.41, 5.74) is 0.877. The van der Waals surface area contributed by atoms with E-state index in [1.807, 2.05) is 0 Å². The molecule has 144 valence electrons. The van der Waals surface area contributed by atoms with Gasteiger partial charge >= 0.3 is 12.2 Å². The lowest BCUT2D eigenvalue weighted by molar-refractivity contribution is 0.104. The highest BCUT2D eigenvalue weighted by Gasteiger charge is 2.13. The monoisotopic (exact) mass is 394 g/mol. The molecule has 0 fully saturated rings. The first-order chi connectivity index (χ1) is 13.0. The van der Waals surface area contributed by atoms with E-state index in [2.05, 4.69) is 15.4 Å². The first-order valence-corrected chi connectivity index (χ1v) is 8.28. The van der Waals surface area contributed by atoms with E-state index in [-0.39, 0.29) is 6.61 Å². The summed E-state index contributed by atoms with van der Waals surface area (Å²) in [6.07, 6.45) is -0.792. The Morgan fingerprint density at radius 1 is 1.00 bits per heavy atom. The molecule has 0 saturated carbocycles. The molecule has 0 unspecified atom stereocenters. The highest BCUT2D eigenvalue weighted by molar-refractivity contribution is 6.32. The zero-order valence-corrected chi connectivity index (χ0v) is 15.8. The van der Waals surface area contributed by atoms with E-state index in [0.29, 0.717) is 33.6 Å². The van der Waals surface area contributed by atoms with Crippen molar-refractivity contribution >= 4 is 35.2 Å². The molecular formula is C18H19ClN2O6. The number of hydrogen-bond acceptors (Lipinski definition) is 6. The fraction of sp³-hybridized carbons (Fsp3) is 0.222. The van der Waals surface area contributed by atoms with E-state index in [0.717, 1.165) is 0 Å². The Morgan fingerprint density at radius 2 is 1.67 bits per heavy atom. The molecule has 27 heavy (non-hydrogen) atoms. The predicted molar refractivity (Wildman–Crippen MR) is 101 cm³/mol. The number of carbonyl (C=O) groups is 2. The van der Waals surface area contributed by atoms with Gasteiger partial charge in [-0.15, -0.1) is 0 Å². The molecule has 0 heterocycles. The largest absolute Gasteiger partial charge is 0.513 e. The minimum atomic E-state index is -0.792. The molecule has 0 aromatic heterocycles. The zero-order chi connectivity index (χ0) is 19.8. The Morgan fingerprint density at radius 3 is 2.26 bits per heavy atom. The second-order valence-electron chi connectivity index (χ2n) is 5.08. The number of methoxy groups -OCH3 is 2. The molecule has 9 heteroatoms. The molecule has 0 bridgehead atoms. The average Bonchev–Trinajstić information content (AvgIpc) is 2.64. The second-order valence-corrected chi connectivity index (χ2v) is 5.48. The molecule has 2 rings (SSSR count). The molecule has 2 amide bonds. The Balaban J connectivity index is 2.02. The molecule has 0 saturated heterocycles. The number of ether oxygens (including phenoxy) is 4. The number of benzene rings is 2. The van der Waals surface area contributed by atoms with Crippen molar-refractivity contribution in [3.63, 3.8) is 0 Å². The van der Waals surface area contributed by atoms with Crippen LogP contribution in [0.5, 0.6) is 17.2 Å². The van der Waals surface area contributed by atoms with Crippen LogP contribution in [0, 0.1) is 0 Å². The minimum Gasteiger partial charge on any atom is -0.495 e. The number of nitrogens with one attached hydrogen (secondary N) is 2. The van der Waals surface area contributed by atoms with E-state index in [1.54, 1.807) is 25.1 Å². The van der Waals surface area contributed by atoms with Crippen LogP contribution >= 0.6 is 11.6 Å². The normalized spacial score (nSPS) is 9.93. The van der Waals surface area contributed by atoms with Gasteiger partial charge in [0, 0.05) is 17.8 Å². The van der Waals surface area contributed by atoms with Crippen molar-refractivity contribution in [2.45, 2.75) is 6.92 Å². The Hall–Kier alpha value is -3.13. The molecule has 8 nitrogen and oxygen atoms in total. The van der Waals surface area contributed by atoms with Crippen LogP contribution in [0.4, 0.5) is 21.0 Å². The first-order valence-electron chi connectivity index (χ1n) is 7.91. The van der Waals surface area contributed by atoms with Gasteiger partial charge in [-0.3, -0.25) is 0 Å². The Labute approximate surface area is 161 Å². The molecular weight excluding hydrogens is 376 g/mol. The van der Waals surface area contributed by atoms with E-state index < -0.39 is 12.2 Å². The SMILES string of the molecule is CCOC(=O)Oc1ccc(NC(=O)Nc2cc(OC)c(Cl)cc2OC)cc1. The van der Waals surface area contributed by atoms with Crippen LogP contribution in [0.3, 0.4) is 0 Å². The summed E-state index contributed by atoms with van der Waals surface area (Å²) in [5, 5.41) is 5.66. The van der Waals surface area contributed by atoms with Crippen molar-refractivity contribution in [2.24, 2.45) is 0 Å². The van der Waals surface area contributed by atoms with Crippen molar-refractivity contribution in [2.75, 3.05) is 31.5 Å². The van der Waals surface area contributed by atoms with Crippen molar-refractivity contribution < 1.29 is 28.5 Å². The lowest BCUT2D eigenvalue weighted by atomic mass is 10.2. The third kappa shape index (κ3) is 5.68. The predicted octanol–water partition coefficient (Wildman–Crippen LogP) is 4.54. The zero-order valence-electron chi connectivity index (χ0n) is 15.0. The molecule has 2 aromatic carbocycles. The number of urea groups is 1. The van der Waals surface area contributed by atoms with Gasteiger partial charge in [-0.25, -0.2) is 9.59 Å². The number of carbonyl (C=O) groups excluding carboxylic acids is 2. The number of amides is 2. The van der Waals surface area contributed by atoms with Crippen molar-refractivity contribution in [1.82, 2.24) is 0 Å². The Kier molecular flexibility index (Phi) is 7.13. The van der Waals surface area contributed by atoms with Crippen molar-refractivity contribution in [3.05, 3.63) is 41.4 Å². The number of halogens is 1. The highest BCUT2D eigenvalue weighted by Crippen LogP contribution is 2.35. The van der Waals surface area contributed by atoms with Gasteiger partial charge in [-0.2, -0.15) is 0 Å². The molecule has 2 N–H and O–H groups in total. The van der Waals surface area contributed by atoms with Crippen LogP contribution in [0.15, 0.2) is 36.4 Å². The fourth-order valence-electron chi connectivity index (χ4n) is 2.09. The van der Waals surface area contributed by atoms with Crippen molar-refractivity contribution in [1.29, 1.82) is 0 Å². The topological polar surface area (TPSA) is 95.1 Å².